The summed E-state index contributed by atoms with van der Waals surface area (Å²) in [6.45, 7) is 3.85. The Morgan fingerprint density at radius 2 is 1.90 bits per heavy atom. The Kier molecular flexibility index (Phi) is 5.40. The average Bonchev–Trinajstić information content (AvgIpc) is 3.14. The Bertz CT molecular complexity index is 1070. The molecule has 8 heteroatoms. The number of fused-ring (bicyclic) bond motifs is 1. The van der Waals surface area contributed by atoms with Crippen molar-refractivity contribution in [3.05, 3.63) is 59.7 Å². The van der Waals surface area contributed by atoms with E-state index in [9.17, 15) is 13.2 Å². The van der Waals surface area contributed by atoms with Crippen LogP contribution in [0.1, 0.15) is 11.1 Å². The summed E-state index contributed by atoms with van der Waals surface area (Å²) in [6.07, 6.45) is 0. The summed E-state index contributed by atoms with van der Waals surface area (Å²) in [4.78, 5) is 18.7. The molecule has 2 aliphatic heterocycles. The van der Waals surface area contributed by atoms with Gasteiger partial charge in [0.05, 0.1) is 17.5 Å². The molecule has 2 aromatic rings. The van der Waals surface area contributed by atoms with Gasteiger partial charge in [-0.25, -0.2) is 8.42 Å². The summed E-state index contributed by atoms with van der Waals surface area (Å²) >= 11 is 1.37. The topological polar surface area (TPSA) is 76.0 Å². The zero-order valence-electron chi connectivity index (χ0n) is 16.2. The summed E-state index contributed by atoms with van der Waals surface area (Å²) in [5, 5.41) is 0.423. The molecule has 0 spiro atoms. The molecule has 0 radical (unpaired) electrons. The normalized spacial score (nSPS) is 23.9. The summed E-state index contributed by atoms with van der Waals surface area (Å²) in [5.41, 5.74) is 3.06. The van der Waals surface area contributed by atoms with Crippen LogP contribution in [-0.4, -0.2) is 48.9 Å². The number of nitrogens with zero attached hydrogens (tertiary/aromatic N) is 2. The molecule has 2 saturated heterocycles. The van der Waals surface area contributed by atoms with E-state index in [1.54, 1.807) is 12.1 Å². The highest BCUT2D eigenvalue weighted by Gasteiger charge is 2.49. The third-order valence-electron chi connectivity index (χ3n) is 5.23. The molecule has 2 atom stereocenters. The van der Waals surface area contributed by atoms with Gasteiger partial charge >= 0.3 is 0 Å². The number of carbonyl (C=O) groups excluding carboxylic acids is 1. The van der Waals surface area contributed by atoms with Crippen molar-refractivity contribution in [2.24, 2.45) is 4.99 Å². The lowest BCUT2D eigenvalue weighted by Crippen LogP contribution is -2.38. The Balaban J connectivity index is 1.62. The van der Waals surface area contributed by atoms with E-state index in [1.807, 2.05) is 55.1 Å². The van der Waals surface area contributed by atoms with Gasteiger partial charge in [0.1, 0.15) is 5.75 Å². The number of amides is 1. The lowest BCUT2D eigenvalue weighted by atomic mass is 10.1. The zero-order chi connectivity index (χ0) is 20.6. The van der Waals surface area contributed by atoms with Gasteiger partial charge in [0.15, 0.2) is 21.6 Å². The maximum absolute atomic E-state index is 12.5. The first-order chi connectivity index (χ1) is 13.8. The van der Waals surface area contributed by atoms with Crippen LogP contribution in [0, 0.1) is 13.8 Å². The molecule has 1 amide bonds. The van der Waals surface area contributed by atoms with Crippen molar-refractivity contribution in [1.29, 1.82) is 0 Å². The van der Waals surface area contributed by atoms with Crippen molar-refractivity contribution in [2.45, 2.75) is 25.1 Å². The van der Waals surface area contributed by atoms with E-state index in [1.165, 1.54) is 11.8 Å². The number of ether oxygens (including phenoxy) is 1. The summed E-state index contributed by atoms with van der Waals surface area (Å²) in [6, 6.07) is 14.8. The number of anilines is 1. The van der Waals surface area contributed by atoms with E-state index in [4.69, 9.17) is 4.74 Å². The monoisotopic (exact) mass is 430 g/mol. The number of aryl methyl sites for hydroxylation is 1. The minimum Gasteiger partial charge on any atom is -0.484 e. The Hall–Kier alpha value is -2.32. The SMILES string of the molecule is Cc1cccc(N2C(=NC(=O)COc3ccccc3)S[C@@H]3CS(=O)(=O)C[C@H]32)c1C. The Morgan fingerprint density at radius 1 is 1.14 bits per heavy atom. The largest absolute Gasteiger partial charge is 0.484 e. The molecule has 6 nitrogen and oxygen atoms in total. The third kappa shape index (κ3) is 4.18. The summed E-state index contributed by atoms with van der Waals surface area (Å²) in [7, 11) is -3.09. The van der Waals surface area contributed by atoms with Gasteiger partial charge in [-0.1, -0.05) is 42.1 Å². The standard InChI is InChI=1S/C21H22N2O4S2/c1-14-7-6-10-17(15(14)2)23-18-12-29(25,26)13-19(18)28-21(23)22-20(24)11-27-16-8-4-3-5-9-16/h3-10,18-19H,11-13H2,1-2H3/t18-,19-/m1/s1. The van der Waals surface area contributed by atoms with Crippen molar-refractivity contribution in [1.82, 2.24) is 0 Å². The highest BCUT2D eigenvalue weighted by Crippen LogP contribution is 2.42. The number of rotatable bonds is 4. The first-order valence-corrected chi connectivity index (χ1v) is 12.1. The predicted molar refractivity (Wildman–Crippen MR) is 117 cm³/mol. The molecular weight excluding hydrogens is 408 g/mol. The number of hydrogen-bond donors (Lipinski definition) is 0. The van der Waals surface area contributed by atoms with Gasteiger partial charge < -0.3 is 9.64 Å². The van der Waals surface area contributed by atoms with Gasteiger partial charge in [0.2, 0.25) is 0 Å². The number of hydrogen-bond acceptors (Lipinski definition) is 5. The smallest absolute Gasteiger partial charge is 0.285 e. The number of amidine groups is 1. The molecule has 0 unspecified atom stereocenters. The highest BCUT2D eigenvalue weighted by atomic mass is 32.2. The number of thioether (sulfide) groups is 1. The third-order valence-corrected chi connectivity index (χ3v) is 8.44. The van der Waals surface area contributed by atoms with E-state index >= 15 is 0 Å². The van der Waals surface area contributed by atoms with Crippen LogP contribution >= 0.6 is 11.8 Å². The van der Waals surface area contributed by atoms with E-state index in [0.29, 0.717) is 10.9 Å². The van der Waals surface area contributed by atoms with E-state index in [-0.39, 0.29) is 29.4 Å². The fraction of sp³-hybridized carbons (Fsp3) is 0.333. The molecule has 2 heterocycles. The minimum absolute atomic E-state index is 0.0752. The van der Waals surface area contributed by atoms with Crippen LogP contribution in [0.4, 0.5) is 5.69 Å². The van der Waals surface area contributed by atoms with Crippen LogP contribution in [0.3, 0.4) is 0 Å². The van der Waals surface area contributed by atoms with Gasteiger partial charge in [0, 0.05) is 10.9 Å². The molecule has 4 rings (SSSR count). The number of benzene rings is 2. The van der Waals surface area contributed by atoms with E-state index < -0.39 is 15.7 Å². The molecular formula is C21H22N2O4S2. The second-order valence-corrected chi connectivity index (χ2v) is 10.6. The van der Waals surface area contributed by atoms with Crippen LogP contribution in [0.15, 0.2) is 53.5 Å². The van der Waals surface area contributed by atoms with Crippen molar-refractivity contribution in [2.75, 3.05) is 23.0 Å². The Morgan fingerprint density at radius 3 is 2.66 bits per heavy atom. The molecule has 0 bridgehead atoms. The molecule has 0 N–H and O–H groups in total. The van der Waals surface area contributed by atoms with Gasteiger partial charge in [-0.3, -0.25) is 4.79 Å². The molecule has 2 aliphatic rings. The molecule has 2 fully saturated rings. The average molecular weight is 431 g/mol. The molecule has 0 saturated carbocycles. The summed E-state index contributed by atoms with van der Waals surface area (Å²) < 4.78 is 29.9. The molecule has 0 aromatic heterocycles. The van der Waals surface area contributed by atoms with Crippen LogP contribution in [0.5, 0.6) is 5.75 Å². The first kappa shape index (κ1) is 20.0. The highest BCUT2D eigenvalue weighted by molar-refractivity contribution is 8.16. The van der Waals surface area contributed by atoms with Crippen molar-refractivity contribution < 1.29 is 17.9 Å². The lowest BCUT2D eigenvalue weighted by molar-refractivity contribution is -0.119. The fourth-order valence-electron chi connectivity index (χ4n) is 3.64. The van der Waals surface area contributed by atoms with Gasteiger partial charge in [0.25, 0.3) is 5.91 Å². The number of sulfone groups is 1. The van der Waals surface area contributed by atoms with Crippen LogP contribution in [0.2, 0.25) is 0 Å². The van der Waals surface area contributed by atoms with Crippen LogP contribution in [-0.2, 0) is 14.6 Å². The molecule has 0 aliphatic carbocycles. The second-order valence-electron chi connectivity index (χ2n) is 7.28. The Labute approximate surface area is 174 Å². The van der Waals surface area contributed by atoms with Crippen LogP contribution < -0.4 is 9.64 Å². The van der Waals surface area contributed by atoms with Gasteiger partial charge in [-0.15, -0.1) is 0 Å². The predicted octanol–water partition coefficient (Wildman–Crippen LogP) is 2.98. The minimum atomic E-state index is -3.09. The van der Waals surface area contributed by atoms with Crippen LogP contribution in [0.25, 0.3) is 0 Å². The number of carbonyl (C=O) groups is 1. The number of aliphatic imine (C=N–C) groups is 1. The van der Waals surface area contributed by atoms with Crippen molar-refractivity contribution in [3.63, 3.8) is 0 Å². The quantitative estimate of drug-likeness (QED) is 0.742. The lowest BCUT2D eigenvalue weighted by Gasteiger charge is -2.26. The molecule has 152 valence electrons. The summed E-state index contributed by atoms with van der Waals surface area (Å²) in [5.74, 6) is 0.396. The first-order valence-electron chi connectivity index (χ1n) is 9.36. The maximum Gasteiger partial charge on any atom is 0.285 e. The number of para-hydroxylation sites is 1. The fourth-order valence-corrected chi connectivity index (χ4v) is 7.57. The van der Waals surface area contributed by atoms with Crippen molar-refractivity contribution in [3.8, 4) is 5.75 Å². The second kappa shape index (κ2) is 7.84. The van der Waals surface area contributed by atoms with E-state index in [0.717, 1.165) is 16.8 Å². The van der Waals surface area contributed by atoms with Crippen molar-refractivity contribution >= 4 is 38.4 Å². The molecule has 2 aromatic carbocycles. The molecule has 29 heavy (non-hydrogen) atoms. The zero-order valence-corrected chi connectivity index (χ0v) is 17.9. The van der Waals surface area contributed by atoms with E-state index in [2.05, 4.69) is 4.99 Å². The maximum atomic E-state index is 12.5. The van der Waals surface area contributed by atoms with Gasteiger partial charge in [-0.2, -0.15) is 4.99 Å². The van der Waals surface area contributed by atoms with Gasteiger partial charge in [-0.05, 0) is 43.2 Å².